The lowest BCUT2D eigenvalue weighted by atomic mass is 10.3. The Labute approximate surface area is 127 Å². The van der Waals surface area contributed by atoms with Crippen LogP contribution in [-0.4, -0.2) is 19.5 Å². The number of ether oxygens (including phenoxy) is 2. The van der Waals surface area contributed by atoms with E-state index in [0.29, 0.717) is 16.0 Å². The van der Waals surface area contributed by atoms with Crippen molar-refractivity contribution in [1.82, 2.24) is 0 Å². The van der Waals surface area contributed by atoms with E-state index in [-0.39, 0.29) is 18.2 Å². The van der Waals surface area contributed by atoms with Crippen LogP contribution in [0.15, 0.2) is 43.9 Å². The van der Waals surface area contributed by atoms with Gasteiger partial charge in [0.2, 0.25) is 5.78 Å². The summed E-state index contributed by atoms with van der Waals surface area (Å²) in [5.74, 6) is 1.29. The van der Waals surface area contributed by atoms with Crippen LogP contribution < -0.4 is 9.47 Å². The Balaban J connectivity index is 2.08. The summed E-state index contributed by atoms with van der Waals surface area (Å²) in [6, 6.07) is 6.76. The van der Waals surface area contributed by atoms with Crippen LogP contribution in [0.3, 0.4) is 0 Å². The molecule has 6 heteroatoms. The lowest BCUT2D eigenvalue weighted by molar-refractivity contribution is 0.0893. The lowest BCUT2D eigenvalue weighted by Crippen LogP contribution is -2.11. The molecule has 0 N–H and O–H groups in total. The molecule has 0 aliphatic heterocycles. The van der Waals surface area contributed by atoms with Crippen molar-refractivity contribution in [2.24, 2.45) is 0 Å². The van der Waals surface area contributed by atoms with E-state index < -0.39 is 0 Å². The van der Waals surface area contributed by atoms with Gasteiger partial charge in [-0.15, -0.1) is 0 Å². The van der Waals surface area contributed by atoms with Gasteiger partial charge in [0.1, 0.15) is 11.5 Å². The summed E-state index contributed by atoms with van der Waals surface area (Å²) in [5.41, 5.74) is 0. The Hall–Kier alpha value is -1.27. The van der Waals surface area contributed by atoms with E-state index in [0.717, 1.165) is 4.47 Å². The monoisotopic (exact) mass is 388 g/mol. The van der Waals surface area contributed by atoms with Crippen LogP contribution in [-0.2, 0) is 0 Å². The van der Waals surface area contributed by atoms with E-state index in [1.165, 1.54) is 6.26 Å². The summed E-state index contributed by atoms with van der Waals surface area (Å²) in [6.45, 7) is -0.0924. The second-order valence-corrected chi connectivity index (χ2v) is 5.32. The third-order valence-corrected chi connectivity index (χ3v) is 3.60. The van der Waals surface area contributed by atoms with Crippen molar-refractivity contribution in [2.75, 3.05) is 13.7 Å². The van der Waals surface area contributed by atoms with Crippen molar-refractivity contribution >= 4 is 37.6 Å². The number of halogens is 2. The van der Waals surface area contributed by atoms with Gasteiger partial charge in [-0.05, 0) is 56.1 Å². The fourth-order valence-electron chi connectivity index (χ4n) is 1.43. The molecule has 2 aromatic rings. The predicted molar refractivity (Wildman–Crippen MR) is 76.9 cm³/mol. The number of hydrogen-bond acceptors (Lipinski definition) is 4. The minimum absolute atomic E-state index is 0.0924. The quantitative estimate of drug-likeness (QED) is 0.723. The van der Waals surface area contributed by atoms with Crippen LogP contribution >= 0.6 is 31.9 Å². The van der Waals surface area contributed by atoms with Gasteiger partial charge in [-0.1, -0.05) is 0 Å². The van der Waals surface area contributed by atoms with Gasteiger partial charge in [-0.2, -0.15) is 0 Å². The van der Waals surface area contributed by atoms with Gasteiger partial charge in [0.05, 0.1) is 22.3 Å². The van der Waals surface area contributed by atoms with Crippen molar-refractivity contribution in [3.63, 3.8) is 0 Å². The van der Waals surface area contributed by atoms with Crippen molar-refractivity contribution in [3.05, 3.63) is 45.2 Å². The fraction of sp³-hybridized carbons (Fsp3) is 0.154. The molecule has 0 saturated heterocycles. The molecule has 19 heavy (non-hydrogen) atoms. The Bertz CT molecular complexity index is 579. The van der Waals surface area contributed by atoms with Gasteiger partial charge >= 0.3 is 0 Å². The topological polar surface area (TPSA) is 48.7 Å². The van der Waals surface area contributed by atoms with Crippen molar-refractivity contribution in [2.45, 2.75) is 0 Å². The van der Waals surface area contributed by atoms with Crippen LogP contribution in [0.2, 0.25) is 0 Å². The summed E-state index contributed by atoms with van der Waals surface area (Å²) in [4.78, 5) is 11.7. The minimum atomic E-state index is -0.219. The average Bonchev–Trinajstić information content (AvgIpc) is 2.93. The summed E-state index contributed by atoms with van der Waals surface area (Å²) in [5, 5.41) is 0. The lowest BCUT2D eigenvalue weighted by Gasteiger charge is -2.10. The Kier molecular flexibility index (Phi) is 4.66. The number of benzene rings is 1. The molecule has 0 radical (unpaired) electrons. The molecule has 4 nitrogen and oxygen atoms in total. The average molecular weight is 390 g/mol. The van der Waals surface area contributed by atoms with Gasteiger partial charge in [0.25, 0.3) is 0 Å². The zero-order valence-electron chi connectivity index (χ0n) is 9.98. The van der Waals surface area contributed by atoms with Crippen LogP contribution in [0.1, 0.15) is 10.6 Å². The maximum Gasteiger partial charge on any atom is 0.235 e. The molecule has 0 saturated carbocycles. The second-order valence-electron chi connectivity index (χ2n) is 3.61. The summed E-state index contributed by atoms with van der Waals surface area (Å²) < 4.78 is 17.1. The van der Waals surface area contributed by atoms with Crippen molar-refractivity contribution < 1.29 is 18.7 Å². The molecule has 1 heterocycles. The number of furan rings is 1. The highest BCUT2D eigenvalue weighted by atomic mass is 79.9. The normalized spacial score (nSPS) is 10.3. The number of ketones is 1. The van der Waals surface area contributed by atoms with Gasteiger partial charge in [-0.3, -0.25) is 4.79 Å². The van der Waals surface area contributed by atoms with Crippen LogP contribution in [0.4, 0.5) is 0 Å². The van der Waals surface area contributed by atoms with Gasteiger partial charge < -0.3 is 13.9 Å². The molecule has 100 valence electrons. The summed E-state index contributed by atoms with van der Waals surface area (Å²) >= 11 is 6.72. The summed E-state index contributed by atoms with van der Waals surface area (Å²) in [6.07, 6.45) is 1.45. The largest absolute Gasteiger partial charge is 0.496 e. The number of carbonyl (C=O) groups excluding carboxylic acids is 1. The molecule has 0 fully saturated rings. The molecule has 2 rings (SSSR count). The van der Waals surface area contributed by atoms with Crippen LogP contribution in [0.5, 0.6) is 11.5 Å². The minimum Gasteiger partial charge on any atom is -0.496 e. The van der Waals surface area contributed by atoms with E-state index in [1.807, 2.05) is 0 Å². The fourth-order valence-corrected chi connectivity index (χ4v) is 2.35. The number of rotatable bonds is 5. The molecule has 0 bridgehead atoms. The predicted octanol–water partition coefficient (Wildman–Crippen LogP) is 4.07. The first-order valence-electron chi connectivity index (χ1n) is 5.34. The molecule has 0 spiro atoms. The molecule has 0 atom stereocenters. The first-order valence-corrected chi connectivity index (χ1v) is 6.93. The van der Waals surface area contributed by atoms with E-state index in [9.17, 15) is 4.79 Å². The van der Waals surface area contributed by atoms with Gasteiger partial charge in [0, 0.05) is 0 Å². The van der Waals surface area contributed by atoms with Crippen LogP contribution in [0, 0.1) is 0 Å². The van der Waals surface area contributed by atoms with Gasteiger partial charge in [0.15, 0.2) is 12.4 Å². The smallest absolute Gasteiger partial charge is 0.235 e. The molecule has 0 aliphatic rings. The Morgan fingerprint density at radius 2 is 1.95 bits per heavy atom. The number of hydrogen-bond donors (Lipinski definition) is 0. The highest BCUT2D eigenvalue weighted by Gasteiger charge is 2.12. The van der Waals surface area contributed by atoms with Gasteiger partial charge in [-0.25, -0.2) is 0 Å². The maximum absolute atomic E-state index is 11.7. The maximum atomic E-state index is 11.7. The number of methoxy groups -OCH3 is 1. The third-order valence-electron chi connectivity index (χ3n) is 2.36. The molecular weight excluding hydrogens is 380 g/mol. The zero-order valence-corrected chi connectivity index (χ0v) is 13.2. The zero-order chi connectivity index (χ0) is 13.8. The van der Waals surface area contributed by atoms with Crippen LogP contribution in [0.25, 0.3) is 0 Å². The first-order chi connectivity index (χ1) is 9.11. The molecule has 0 unspecified atom stereocenters. The Morgan fingerprint density at radius 1 is 1.26 bits per heavy atom. The molecule has 1 aromatic heterocycles. The first kappa shape index (κ1) is 14.1. The molecular formula is C13H10Br2O4. The van der Waals surface area contributed by atoms with E-state index in [4.69, 9.17) is 13.9 Å². The van der Waals surface area contributed by atoms with E-state index >= 15 is 0 Å². The summed E-state index contributed by atoms with van der Waals surface area (Å²) in [7, 11) is 1.58. The Morgan fingerprint density at radius 3 is 2.58 bits per heavy atom. The highest BCUT2D eigenvalue weighted by molar-refractivity contribution is 9.11. The molecule has 1 aromatic carbocycles. The highest BCUT2D eigenvalue weighted by Crippen LogP contribution is 2.36. The number of Topliss-reactive ketones (excluding diaryl/α,β-unsaturated/α-hetero) is 1. The molecule has 0 aliphatic carbocycles. The standard InChI is InChI=1S/C13H10Br2O4/c1-17-12-5-9(15)13(6-8(12)14)19-7-10(16)11-3-2-4-18-11/h2-6H,7H2,1H3. The second kappa shape index (κ2) is 6.25. The third kappa shape index (κ3) is 3.39. The van der Waals surface area contributed by atoms with E-state index in [1.54, 1.807) is 31.4 Å². The molecule has 0 amide bonds. The SMILES string of the molecule is COc1cc(Br)c(OCC(=O)c2ccco2)cc1Br. The number of carbonyl (C=O) groups is 1. The van der Waals surface area contributed by atoms with Crippen molar-refractivity contribution in [1.29, 1.82) is 0 Å². The van der Waals surface area contributed by atoms with Crippen molar-refractivity contribution in [3.8, 4) is 11.5 Å². The van der Waals surface area contributed by atoms with E-state index in [2.05, 4.69) is 31.9 Å².